The topological polar surface area (TPSA) is 395 Å². The van der Waals surface area contributed by atoms with Gasteiger partial charge in [-0.15, -0.1) is 0 Å². The average molecular weight is 1380 g/mol. The Morgan fingerprint density at radius 1 is 0.556 bits per heavy atom. The van der Waals surface area contributed by atoms with Gasteiger partial charge in [-0.05, 0) is 99.4 Å². The highest BCUT2D eigenvalue weighted by Crippen LogP contribution is 2.33. The zero-order valence-electron chi connectivity index (χ0n) is 58.5. The van der Waals surface area contributed by atoms with Crippen LogP contribution in [0.3, 0.4) is 0 Å². The first kappa shape index (κ1) is 76.5. The largest absolute Gasteiger partial charge is 0.480 e. The third kappa shape index (κ3) is 19.8. The molecule has 1 aromatic carbocycles. The Balaban J connectivity index is 1.16. The van der Waals surface area contributed by atoms with Gasteiger partial charge in [-0.3, -0.25) is 62.3 Å². The molecule has 11 N–H and O–H groups in total. The molecule has 12 amide bonds. The van der Waals surface area contributed by atoms with E-state index in [-0.39, 0.29) is 127 Å². The summed E-state index contributed by atoms with van der Waals surface area (Å²) in [6.07, 6.45) is 3.50. The highest BCUT2D eigenvalue weighted by molar-refractivity contribution is 6.03. The Morgan fingerprint density at radius 2 is 1.12 bits per heavy atom. The van der Waals surface area contributed by atoms with Gasteiger partial charge in [-0.1, -0.05) is 111 Å². The van der Waals surface area contributed by atoms with Crippen LogP contribution in [-0.2, 0) is 68.7 Å². The van der Waals surface area contributed by atoms with Crippen LogP contribution >= 0.6 is 0 Å². The Bertz CT molecular complexity index is 3160. The van der Waals surface area contributed by atoms with Gasteiger partial charge in [0.15, 0.2) is 0 Å². The summed E-state index contributed by atoms with van der Waals surface area (Å²) in [5, 5.41) is 54.2. The molecule has 99 heavy (non-hydrogen) atoms. The van der Waals surface area contributed by atoms with Crippen molar-refractivity contribution in [3.05, 3.63) is 47.8 Å². The monoisotopic (exact) mass is 1380 g/mol. The molecule has 1 aromatic rings. The summed E-state index contributed by atoms with van der Waals surface area (Å²) in [4.78, 5) is 195. The zero-order valence-corrected chi connectivity index (χ0v) is 58.5. The summed E-state index contributed by atoms with van der Waals surface area (Å²) in [5.74, 6) is -11.2. The fraction of sp³-hybridized carbons (Fsp3) is 0.700. The third-order valence-corrected chi connectivity index (χ3v) is 20.0. The standard InChI is InChI=1S/C70H105N13O16/c1-38(2)27-46(60(89)73-48(59(88)72-35-57(86)87)30-42-17-10-9-11-18-42)74-62(91)52-21-14-24-79(52)68(97)51-34-71-49(31-43-19-12-13-20-43)66(95)83-37-45(85)33-56(83)70(99)82-36-44(84)32-55(82)64(93)75-47(28-39(3)4)61(90)76-50(29-40(5)6)67(96)81-26-16-23-54(81)69(98)80-25-15-22-53(80)63(92)78-58(41(7)8)65(94)77-51/h9-11,17-18,34,38-41,43-50,52-56,58,71,84-85H,12-16,19-33,35-37H2,1-8H3,(H,72,88)(H,73,89)(H,74,91)(H,75,93)(H,76,90)(H,77,94)(H,78,92)(H,86,87)/b51-34+/t44-,45-,46+,47+,48+,49+,50+,52+,53+,54+,55+,56+,58+/m1/s1. The molecule has 6 fully saturated rings. The van der Waals surface area contributed by atoms with E-state index in [0.717, 1.165) is 36.8 Å². The van der Waals surface area contributed by atoms with Crippen LogP contribution in [0.5, 0.6) is 0 Å². The molecular formula is C70H105N13O16. The molecule has 0 radical (unpaired) electrons. The lowest BCUT2D eigenvalue weighted by Crippen LogP contribution is -2.60. The number of nitrogens with one attached hydrogen (secondary N) is 8. The first-order chi connectivity index (χ1) is 47.0. The van der Waals surface area contributed by atoms with E-state index in [1.54, 1.807) is 44.2 Å². The van der Waals surface area contributed by atoms with Crippen LogP contribution in [0.1, 0.15) is 164 Å². The van der Waals surface area contributed by atoms with Crippen LogP contribution in [0, 0.1) is 29.6 Å². The van der Waals surface area contributed by atoms with Crippen LogP contribution < -0.4 is 42.5 Å². The van der Waals surface area contributed by atoms with Crippen molar-refractivity contribution >= 4 is 76.9 Å². The second-order valence-electron chi connectivity index (χ2n) is 29.6. The number of aliphatic hydroxyl groups excluding tert-OH is 2. The molecule has 0 bridgehead atoms. The Labute approximate surface area is 579 Å². The molecular weight excluding hydrogens is 1280 g/mol. The number of hydrogen-bond acceptors (Lipinski definition) is 16. The maximum atomic E-state index is 15.5. The van der Waals surface area contributed by atoms with Gasteiger partial charge in [0.2, 0.25) is 65.0 Å². The molecule has 6 aliphatic heterocycles. The van der Waals surface area contributed by atoms with Gasteiger partial charge < -0.3 is 82.4 Å². The van der Waals surface area contributed by atoms with Crippen molar-refractivity contribution in [3.63, 3.8) is 0 Å². The normalized spacial score (nSPS) is 28.5. The zero-order chi connectivity index (χ0) is 72.1. The minimum Gasteiger partial charge on any atom is -0.480 e. The molecule has 1 aliphatic carbocycles. The number of carboxylic acid groups (broad SMARTS) is 1. The number of likely N-dealkylation sites (tertiary alicyclic amines) is 1. The van der Waals surface area contributed by atoms with Crippen molar-refractivity contribution in [3.8, 4) is 0 Å². The molecule has 8 rings (SSSR count). The highest BCUT2D eigenvalue weighted by atomic mass is 16.4. The predicted molar refractivity (Wildman–Crippen MR) is 360 cm³/mol. The number of carbonyl (C=O) groups excluding carboxylic acids is 12. The van der Waals surface area contributed by atoms with Crippen LogP contribution in [0.4, 0.5) is 0 Å². The summed E-state index contributed by atoms with van der Waals surface area (Å²) in [7, 11) is 0. The molecule has 29 nitrogen and oxygen atoms in total. The molecule has 29 heteroatoms. The Morgan fingerprint density at radius 3 is 1.75 bits per heavy atom. The molecule has 5 saturated heterocycles. The summed E-state index contributed by atoms with van der Waals surface area (Å²) >= 11 is 0. The van der Waals surface area contributed by atoms with E-state index in [9.17, 15) is 58.5 Å². The van der Waals surface area contributed by atoms with E-state index in [1.807, 2.05) is 41.5 Å². The molecule has 0 spiro atoms. The van der Waals surface area contributed by atoms with E-state index in [2.05, 4.69) is 42.5 Å². The fourth-order valence-electron chi connectivity index (χ4n) is 15.1. The fourth-order valence-corrected chi connectivity index (χ4v) is 15.1. The lowest BCUT2D eigenvalue weighted by Gasteiger charge is -2.34. The lowest BCUT2D eigenvalue weighted by molar-refractivity contribution is -0.148. The number of aliphatic carboxylic acids is 1. The van der Waals surface area contributed by atoms with Crippen molar-refractivity contribution in [1.82, 2.24) is 67.0 Å². The Hall–Kier alpha value is -8.21. The van der Waals surface area contributed by atoms with Crippen molar-refractivity contribution in [2.75, 3.05) is 39.3 Å². The van der Waals surface area contributed by atoms with Crippen LogP contribution in [0.25, 0.3) is 0 Å². The van der Waals surface area contributed by atoms with Crippen LogP contribution in [0.15, 0.2) is 42.2 Å². The third-order valence-electron chi connectivity index (χ3n) is 20.0. The van der Waals surface area contributed by atoms with Gasteiger partial charge in [0, 0.05) is 58.2 Å². The summed E-state index contributed by atoms with van der Waals surface area (Å²) < 4.78 is 0. The van der Waals surface area contributed by atoms with Crippen molar-refractivity contribution in [1.29, 1.82) is 0 Å². The first-order valence-electron chi connectivity index (χ1n) is 35.7. The van der Waals surface area contributed by atoms with E-state index in [0.29, 0.717) is 18.4 Å². The van der Waals surface area contributed by atoms with Crippen molar-refractivity contribution < 1.29 is 77.6 Å². The first-order valence-corrected chi connectivity index (χ1v) is 35.7. The van der Waals surface area contributed by atoms with Crippen LogP contribution in [0.2, 0.25) is 0 Å². The minimum absolute atomic E-state index is 0.0279. The number of amides is 12. The van der Waals surface area contributed by atoms with Crippen molar-refractivity contribution in [2.24, 2.45) is 29.6 Å². The maximum Gasteiger partial charge on any atom is 0.322 e. The van der Waals surface area contributed by atoms with E-state index >= 15 is 19.2 Å². The number of rotatable bonds is 19. The van der Waals surface area contributed by atoms with E-state index in [1.165, 1.54) is 19.6 Å². The van der Waals surface area contributed by atoms with Gasteiger partial charge in [-0.25, -0.2) is 0 Å². The van der Waals surface area contributed by atoms with Crippen molar-refractivity contribution in [2.45, 2.75) is 243 Å². The van der Waals surface area contributed by atoms with Gasteiger partial charge in [-0.2, -0.15) is 0 Å². The number of nitrogens with zero attached hydrogens (tertiary/aromatic N) is 5. The van der Waals surface area contributed by atoms with Gasteiger partial charge in [0.05, 0.1) is 12.2 Å². The second-order valence-corrected chi connectivity index (χ2v) is 29.6. The number of aliphatic hydroxyl groups is 2. The smallest absolute Gasteiger partial charge is 0.322 e. The average Bonchev–Trinajstić information content (AvgIpc) is 1.67. The SMILES string of the molecule is CC(C)C[C@H](NC(=O)[C@@H]1CCCN1C(=O)/C1=C\N[C@@H](CC2CCCC2)C(=O)N2C[C@H](O)C[C@H]2C(=O)N2C[C@H](O)C[C@H]2C(=O)N[C@@H](CC(C)C)C(=O)N[C@@H](CC(C)C)C(=O)N2CCC[C@H]2C(=O)N2CCC[C@H]2C(=O)N[C@@H](C(C)C)C(=O)N1)C(=O)N[C@@H](Cc1ccccc1)C(=O)NCC(=O)O. The molecule has 6 heterocycles. The second kappa shape index (κ2) is 34.7. The highest BCUT2D eigenvalue weighted by Gasteiger charge is 2.50. The summed E-state index contributed by atoms with van der Waals surface area (Å²) in [5.41, 5.74) is 0.183. The minimum atomic E-state index is -1.38. The number of carboxylic acids is 1. The quantitative estimate of drug-likeness (QED) is 0.0872. The molecule has 7 aliphatic rings. The molecule has 1 saturated carbocycles. The molecule has 0 unspecified atom stereocenters. The number of benzene rings is 1. The van der Waals surface area contributed by atoms with Gasteiger partial charge in [0.1, 0.15) is 78.7 Å². The van der Waals surface area contributed by atoms with Gasteiger partial charge >= 0.3 is 5.97 Å². The molecule has 0 aromatic heterocycles. The lowest BCUT2D eigenvalue weighted by atomic mass is 9.97. The number of hydrogen-bond donors (Lipinski definition) is 11. The van der Waals surface area contributed by atoms with E-state index in [4.69, 9.17) is 0 Å². The number of fused-ring (bicyclic) bond motifs is 4. The number of carbonyl (C=O) groups is 13. The summed E-state index contributed by atoms with van der Waals surface area (Å²) in [6.45, 7) is 13.3. The van der Waals surface area contributed by atoms with Crippen LogP contribution in [-0.4, -0.2) is 235 Å². The van der Waals surface area contributed by atoms with Gasteiger partial charge in [0.25, 0.3) is 5.91 Å². The molecule has 13 atom stereocenters. The Kier molecular flexibility index (Phi) is 26.8. The summed E-state index contributed by atoms with van der Waals surface area (Å²) in [6, 6.07) is -4.93. The maximum absolute atomic E-state index is 15.5. The van der Waals surface area contributed by atoms with E-state index < -0.39 is 174 Å². The molecule has 546 valence electrons. The predicted octanol–water partition coefficient (Wildman–Crippen LogP) is 0.0545.